The predicted octanol–water partition coefficient (Wildman–Crippen LogP) is 4.29. The van der Waals surface area contributed by atoms with Gasteiger partial charge >= 0.3 is 5.97 Å². The van der Waals surface area contributed by atoms with Gasteiger partial charge in [-0.15, -0.1) is 0 Å². The summed E-state index contributed by atoms with van der Waals surface area (Å²) in [5, 5.41) is 9.44. The van der Waals surface area contributed by atoms with Gasteiger partial charge in [-0.1, -0.05) is 29.8 Å². The topological polar surface area (TPSA) is 67.5 Å². The lowest BCUT2D eigenvalue weighted by Gasteiger charge is -2.05. The van der Waals surface area contributed by atoms with E-state index in [-0.39, 0.29) is 11.0 Å². The number of carboxylic acids is 1. The summed E-state index contributed by atoms with van der Waals surface area (Å²) in [5.74, 6) is -0.428. The lowest BCUT2D eigenvalue weighted by atomic mass is 10.1. The van der Waals surface area contributed by atoms with Crippen molar-refractivity contribution >= 4 is 28.6 Å². The number of aryl methyl sites for hydroxylation is 1. The van der Waals surface area contributed by atoms with Crippen LogP contribution >= 0.6 is 0 Å². The summed E-state index contributed by atoms with van der Waals surface area (Å²) in [6, 6.07) is 12.6. The number of rotatable bonds is 2. The van der Waals surface area contributed by atoms with Gasteiger partial charge in [-0.3, -0.25) is 4.79 Å². The number of aromatic carboxylic acids is 1. The molecule has 0 unspecified atom stereocenters. The number of hydrogen-bond donors (Lipinski definition) is 1. The van der Waals surface area contributed by atoms with E-state index in [1.54, 1.807) is 6.07 Å². The van der Waals surface area contributed by atoms with Crippen molar-refractivity contribution in [2.45, 2.75) is 19.8 Å². The van der Waals surface area contributed by atoms with Crippen LogP contribution in [0.4, 0.5) is 0 Å². The first kappa shape index (κ1) is 15.4. The largest absolute Gasteiger partial charge is 0.478 e. The molecule has 1 N–H and O–H groups in total. The summed E-state index contributed by atoms with van der Waals surface area (Å²) in [4.78, 5) is 23.9. The molecule has 124 valence electrons. The third-order valence-corrected chi connectivity index (χ3v) is 4.59. The highest BCUT2D eigenvalue weighted by atomic mass is 16.4. The molecular formula is C21H16O4. The van der Waals surface area contributed by atoms with Crippen LogP contribution in [-0.4, -0.2) is 11.1 Å². The number of carbonyl (C=O) groups is 1. The Balaban J connectivity index is 1.87. The van der Waals surface area contributed by atoms with Crippen molar-refractivity contribution < 1.29 is 14.3 Å². The van der Waals surface area contributed by atoms with Crippen molar-refractivity contribution in [1.82, 2.24) is 0 Å². The molecule has 0 saturated carbocycles. The molecule has 4 heteroatoms. The van der Waals surface area contributed by atoms with Crippen LogP contribution in [-0.2, 0) is 6.42 Å². The predicted molar refractivity (Wildman–Crippen MR) is 96.8 cm³/mol. The fraction of sp³-hybridized carbons (Fsp3) is 0.143. The lowest BCUT2D eigenvalue weighted by Crippen LogP contribution is -2.09. The zero-order valence-electron chi connectivity index (χ0n) is 13.7. The zero-order valence-corrected chi connectivity index (χ0v) is 13.7. The molecule has 0 aliphatic heterocycles. The fourth-order valence-electron chi connectivity index (χ4n) is 3.23. The smallest absolute Gasteiger partial charge is 0.335 e. The molecule has 1 aliphatic rings. The second-order valence-corrected chi connectivity index (χ2v) is 6.34. The Morgan fingerprint density at radius 3 is 2.60 bits per heavy atom. The Morgan fingerprint density at radius 1 is 1.12 bits per heavy atom. The summed E-state index contributed by atoms with van der Waals surface area (Å²) < 4.78 is 5.97. The van der Waals surface area contributed by atoms with E-state index in [1.165, 1.54) is 17.7 Å². The molecule has 25 heavy (non-hydrogen) atoms. The highest BCUT2D eigenvalue weighted by Gasteiger charge is 2.24. The highest BCUT2D eigenvalue weighted by molar-refractivity contribution is 5.94. The first-order valence-electron chi connectivity index (χ1n) is 8.13. The van der Waals surface area contributed by atoms with E-state index in [9.17, 15) is 9.59 Å². The highest BCUT2D eigenvalue weighted by Crippen LogP contribution is 2.34. The van der Waals surface area contributed by atoms with Gasteiger partial charge in [0.2, 0.25) is 0 Å². The van der Waals surface area contributed by atoms with Crippen LogP contribution in [0.3, 0.4) is 0 Å². The number of allylic oxidation sites excluding steroid dienone is 1. The van der Waals surface area contributed by atoms with Gasteiger partial charge in [0, 0.05) is 5.56 Å². The van der Waals surface area contributed by atoms with Crippen LogP contribution < -0.4 is 5.43 Å². The third kappa shape index (κ3) is 2.66. The van der Waals surface area contributed by atoms with Crippen molar-refractivity contribution in [3.05, 3.63) is 80.7 Å². The summed E-state index contributed by atoms with van der Waals surface area (Å²) in [6.07, 6.45) is 3.40. The molecule has 4 nitrogen and oxygen atoms in total. The Hall–Kier alpha value is -3.14. The number of carboxylic acid groups (broad SMARTS) is 1. The summed E-state index contributed by atoms with van der Waals surface area (Å²) in [6.45, 7) is 2.04. The molecular weight excluding hydrogens is 316 g/mol. The molecule has 1 aliphatic carbocycles. The summed E-state index contributed by atoms with van der Waals surface area (Å²) in [5.41, 5.74) is 4.27. The molecule has 0 amide bonds. The van der Waals surface area contributed by atoms with E-state index < -0.39 is 5.97 Å². The van der Waals surface area contributed by atoms with Crippen LogP contribution in [0.5, 0.6) is 0 Å². The maximum Gasteiger partial charge on any atom is 0.335 e. The fourth-order valence-corrected chi connectivity index (χ4v) is 3.23. The van der Waals surface area contributed by atoms with Gasteiger partial charge in [-0.25, -0.2) is 4.79 Å². The Kier molecular flexibility index (Phi) is 3.53. The van der Waals surface area contributed by atoms with Crippen molar-refractivity contribution in [3.63, 3.8) is 0 Å². The first-order chi connectivity index (χ1) is 12.0. The quantitative estimate of drug-likeness (QED) is 0.760. The Bertz CT molecular complexity index is 1090. The summed E-state index contributed by atoms with van der Waals surface area (Å²) in [7, 11) is 0. The average molecular weight is 332 g/mol. The van der Waals surface area contributed by atoms with E-state index in [0.29, 0.717) is 28.7 Å². The normalized spacial score (nSPS) is 14.8. The maximum absolute atomic E-state index is 12.8. The van der Waals surface area contributed by atoms with E-state index in [1.807, 2.05) is 37.3 Å². The number of hydrogen-bond acceptors (Lipinski definition) is 3. The van der Waals surface area contributed by atoms with Gasteiger partial charge in [-0.2, -0.15) is 0 Å². The van der Waals surface area contributed by atoms with Crippen molar-refractivity contribution in [2.75, 3.05) is 0 Å². The SMILES string of the molecule is Cc1ccc(C=C2CCc3c2oc2ccc(C(=O)O)cc2c3=O)cc1. The molecule has 0 radical (unpaired) electrons. The minimum absolute atomic E-state index is 0.0909. The molecule has 0 atom stereocenters. The van der Waals surface area contributed by atoms with Gasteiger partial charge in [0.15, 0.2) is 5.43 Å². The molecule has 0 fully saturated rings. The minimum atomic E-state index is -1.05. The van der Waals surface area contributed by atoms with Gasteiger partial charge in [0.25, 0.3) is 0 Å². The molecule has 2 aromatic carbocycles. The van der Waals surface area contributed by atoms with E-state index in [0.717, 1.165) is 17.6 Å². The van der Waals surface area contributed by atoms with Crippen LogP contribution in [0.25, 0.3) is 22.6 Å². The molecule has 0 spiro atoms. The molecule has 0 saturated heterocycles. The Morgan fingerprint density at radius 2 is 1.88 bits per heavy atom. The molecule has 1 heterocycles. The van der Waals surface area contributed by atoms with E-state index in [2.05, 4.69) is 0 Å². The van der Waals surface area contributed by atoms with Crippen LogP contribution in [0.1, 0.15) is 39.2 Å². The molecule has 1 aromatic heterocycles. The first-order valence-corrected chi connectivity index (χ1v) is 8.13. The number of fused-ring (bicyclic) bond motifs is 2. The van der Waals surface area contributed by atoms with Crippen molar-refractivity contribution in [2.24, 2.45) is 0 Å². The average Bonchev–Trinajstić information content (AvgIpc) is 3.00. The minimum Gasteiger partial charge on any atom is -0.478 e. The Labute approximate surface area is 144 Å². The van der Waals surface area contributed by atoms with E-state index in [4.69, 9.17) is 9.52 Å². The van der Waals surface area contributed by atoms with Crippen LogP contribution in [0.2, 0.25) is 0 Å². The van der Waals surface area contributed by atoms with Gasteiger partial charge in [-0.05, 0) is 55.2 Å². The maximum atomic E-state index is 12.8. The lowest BCUT2D eigenvalue weighted by molar-refractivity contribution is 0.0697. The zero-order chi connectivity index (χ0) is 17.6. The third-order valence-electron chi connectivity index (χ3n) is 4.59. The van der Waals surface area contributed by atoms with Crippen LogP contribution in [0.15, 0.2) is 51.7 Å². The van der Waals surface area contributed by atoms with Crippen LogP contribution in [0, 0.1) is 6.92 Å². The summed E-state index contributed by atoms with van der Waals surface area (Å²) >= 11 is 0. The van der Waals surface area contributed by atoms with Gasteiger partial charge in [0.1, 0.15) is 11.3 Å². The molecule has 4 rings (SSSR count). The molecule has 3 aromatic rings. The number of benzene rings is 2. The van der Waals surface area contributed by atoms with Gasteiger partial charge < -0.3 is 9.52 Å². The van der Waals surface area contributed by atoms with Crippen molar-refractivity contribution in [1.29, 1.82) is 0 Å². The van der Waals surface area contributed by atoms with E-state index >= 15 is 0 Å². The second kappa shape index (κ2) is 5.74. The van der Waals surface area contributed by atoms with Gasteiger partial charge in [0.05, 0.1) is 10.9 Å². The standard InChI is InChI=1S/C21H16O4/c1-12-2-4-13(5-3-12)10-14-6-8-16-19(22)17-11-15(21(23)24)7-9-18(17)25-20(14)16/h2-5,7,9-11H,6,8H2,1H3,(H,23,24). The second-order valence-electron chi connectivity index (χ2n) is 6.34. The monoisotopic (exact) mass is 332 g/mol. The van der Waals surface area contributed by atoms with Crippen molar-refractivity contribution in [3.8, 4) is 0 Å². The molecule has 0 bridgehead atoms.